The van der Waals surface area contributed by atoms with Crippen LogP contribution in [0, 0.1) is 6.92 Å². The molecule has 0 radical (unpaired) electrons. The molecule has 140 valence electrons. The lowest BCUT2D eigenvalue weighted by atomic mass is 10.1. The zero-order valence-corrected chi connectivity index (χ0v) is 15.8. The van der Waals surface area contributed by atoms with Crippen LogP contribution in [0.5, 0.6) is 11.5 Å². The molecule has 0 aliphatic rings. The average Bonchev–Trinajstić information content (AvgIpc) is 3.11. The minimum atomic E-state index is -0.179. The van der Waals surface area contributed by atoms with Crippen LogP contribution in [-0.2, 0) is 13.1 Å². The van der Waals surface area contributed by atoms with Gasteiger partial charge in [-0.25, -0.2) is 0 Å². The highest BCUT2D eigenvalue weighted by Crippen LogP contribution is 2.30. The van der Waals surface area contributed by atoms with Gasteiger partial charge in [-0.1, -0.05) is 36.4 Å². The lowest BCUT2D eigenvalue weighted by Gasteiger charge is -2.24. The predicted molar refractivity (Wildman–Crippen MR) is 103 cm³/mol. The summed E-state index contributed by atoms with van der Waals surface area (Å²) < 4.78 is 16.5. The van der Waals surface area contributed by atoms with E-state index >= 15 is 0 Å². The van der Waals surface area contributed by atoms with E-state index in [2.05, 4.69) is 0 Å². The summed E-state index contributed by atoms with van der Waals surface area (Å²) >= 11 is 0. The van der Waals surface area contributed by atoms with Gasteiger partial charge in [0.15, 0.2) is 0 Å². The van der Waals surface area contributed by atoms with Crippen molar-refractivity contribution in [3.63, 3.8) is 0 Å². The number of carbonyl (C=O) groups is 1. The monoisotopic (exact) mass is 365 g/mol. The van der Waals surface area contributed by atoms with Gasteiger partial charge in [0.2, 0.25) is 0 Å². The van der Waals surface area contributed by atoms with Crippen molar-refractivity contribution in [1.29, 1.82) is 0 Å². The van der Waals surface area contributed by atoms with E-state index in [9.17, 15) is 4.79 Å². The molecule has 3 aromatic rings. The van der Waals surface area contributed by atoms with Gasteiger partial charge in [0.05, 0.1) is 20.8 Å². The molecule has 5 heteroatoms. The first kappa shape index (κ1) is 18.6. The molecule has 0 aliphatic carbocycles. The molecule has 1 aromatic heterocycles. The van der Waals surface area contributed by atoms with Crippen LogP contribution in [0.1, 0.15) is 27.4 Å². The predicted octanol–water partition coefficient (Wildman–Crippen LogP) is 4.45. The molecule has 1 heterocycles. The van der Waals surface area contributed by atoms with Gasteiger partial charge in [0, 0.05) is 6.54 Å². The van der Waals surface area contributed by atoms with E-state index in [1.807, 2.05) is 49.4 Å². The third-order valence-electron chi connectivity index (χ3n) is 4.29. The van der Waals surface area contributed by atoms with Gasteiger partial charge in [0.1, 0.15) is 28.6 Å². The molecule has 0 fully saturated rings. The molecule has 3 rings (SSSR count). The molecule has 2 aromatic carbocycles. The Morgan fingerprint density at radius 1 is 0.889 bits per heavy atom. The number of carbonyl (C=O) groups excluding carboxylic acids is 1. The quantitative estimate of drug-likeness (QED) is 0.621. The minimum absolute atomic E-state index is 0.179. The van der Waals surface area contributed by atoms with Crippen molar-refractivity contribution in [3.8, 4) is 11.5 Å². The Labute approximate surface area is 159 Å². The smallest absolute Gasteiger partial charge is 0.262 e. The number of rotatable bonds is 7. The fourth-order valence-electron chi connectivity index (χ4n) is 2.98. The van der Waals surface area contributed by atoms with E-state index in [1.165, 1.54) is 0 Å². The normalized spacial score (nSPS) is 10.5. The first-order valence-electron chi connectivity index (χ1n) is 8.72. The maximum atomic E-state index is 13.4. The molecule has 1 amide bonds. The Balaban J connectivity index is 1.97. The lowest BCUT2D eigenvalue weighted by molar-refractivity contribution is 0.0710. The molecule has 0 bridgehead atoms. The zero-order valence-electron chi connectivity index (χ0n) is 15.8. The summed E-state index contributed by atoms with van der Waals surface area (Å²) in [7, 11) is 3.09. The van der Waals surface area contributed by atoms with E-state index < -0.39 is 0 Å². The highest BCUT2D eigenvalue weighted by atomic mass is 16.5. The van der Waals surface area contributed by atoms with Gasteiger partial charge in [-0.05, 0) is 36.8 Å². The maximum absolute atomic E-state index is 13.4. The first-order chi connectivity index (χ1) is 13.1. The van der Waals surface area contributed by atoms with Crippen LogP contribution >= 0.6 is 0 Å². The number of ether oxygens (including phenoxy) is 2. The lowest BCUT2D eigenvalue weighted by Crippen LogP contribution is -2.30. The second-order valence-corrected chi connectivity index (χ2v) is 6.20. The van der Waals surface area contributed by atoms with Crippen LogP contribution in [-0.4, -0.2) is 25.0 Å². The van der Waals surface area contributed by atoms with Crippen molar-refractivity contribution in [1.82, 2.24) is 4.90 Å². The van der Waals surface area contributed by atoms with Gasteiger partial charge in [-0.2, -0.15) is 0 Å². The highest BCUT2D eigenvalue weighted by Gasteiger charge is 2.25. The Morgan fingerprint density at radius 2 is 1.56 bits per heavy atom. The van der Waals surface area contributed by atoms with Crippen LogP contribution < -0.4 is 9.47 Å². The summed E-state index contributed by atoms with van der Waals surface area (Å²) in [5.41, 5.74) is 1.43. The first-order valence-corrected chi connectivity index (χ1v) is 8.72. The van der Waals surface area contributed by atoms with E-state index in [0.717, 1.165) is 17.1 Å². The number of aryl methyl sites for hydroxylation is 1. The summed E-state index contributed by atoms with van der Waals surface area (Å²) in [5.74, 6) is 2.32. The average molecular weight is 365 g/mol. The Bertz CT molecular complexity index is 879. The highest BCUT2D eigenvalue weighted by molar-refractivity contribution is 5.99. The summed E-state index contributed by atoms with van der Waals surface area (Å²) in [6, 6.07) is 18.9. The number of hydrogen-bond acceptors (Lipinski definition) is 4. The molecule has 0 spiro atoms. The summed E-state index contributed by atoms with van der Waals surface area (Å²) in [4.78, 5) is 15.2. The van der Waals surface area contributed by atoms with E-state index in [4.69, 9.17) is 13.9 Å². The Morgan fingerprint density at radius 3 is 2.11 bits per heavy atom. The fraction of sp³-hybridized carbons (Fsp3) is 0.227. The van der Waals surface area contributed by atoms with Crippen molar-refractivity contribution in [2.75, 3.05) is 14.2 Å². The molecule has 0 N–H and O–H groups in total. The third kappa shape index (κ3) is 4.31. The molecule has 0 aliphatic heterocycles. The van der Waals surface area contributed by atoms with Crippen LogP contribution in [0.4, 0.5) is 0 Å². The molecule has 0 unspecified atom stereocenters. The largest absolute Gasteiger partial charge is 0.496 e. The van der Waals surface area contributed by atoms with E-state index in [0.29, 0.717) is 30.2 Å². The number of nitrogens with zero attached hydrogens (tertiary/aromatic N) is 1. The van der Waals surface area contributed by atoms with Crippen molar-refractivity contribution in [3.05, 3.63) is 83.3 Å². The third-order valence-corrected chi connectivity index (χ3v) is 4.29. The van der Waals surface area contributed by atoms with Crippen LogP contribution in [0.15, 0.2) is 65.1 Å². The van der Waals surface area contributed by atoms with Crippen LogP contribution in [0.3, 0.4) is 0 Å². The number of furan rings is 1. The number of amides is 1. The maximum Gasteiger partial charge on any atom is 0.262 e. The summed E-state index contributed by atoms with van der Waals surface area (Å²) in [6.07, 6.45) is 0. The summed E-state index contributed by atoms with van der Waals surface area (Å²) in [6.45, 7) is 2.68. The van der Waals surface area contributed by atoms with Gasteiger partial charge < -0.3 is 18.8 Å². The topological polar surface area (TPSA) is 51.9 Å². The van der Waals surface area contributed by atoms with Gasteiger partial charge >= 0.3 is 0 Å². The van der Waals surface area contributed by atoms with Crippen LogP contribution in [0.2, 0.25) is 0 Å². The standard InChI is InChI=1S/C22H23NO4/c1-16-12-13-18(27-16)15-23(14-17-8-5-4-6-9-17)22(24)21-19(25-2)10-7-11-20(21)26-3/h4-13H,14-15H2,1-3H3. The molecule has 5 nitrogen and oxygen atoms in total. The van der Waals surface area contributed by atoms with E-state index in [1.54, 1.807) is 37.3 Å². The molecule has 0 atom stereocenters. The second kappa shape index (κ2) is 8.45. The van der Waals surface area contributed by atoms with Gasteiger partial charge in [0.25, 0.3) is 5.91 Å². The molecule has 0 saturated heterocycles. The van der Waals surface area contributed by atoms with E-state index in [-0.39, 0.29) is 5.91 Å². The SMILES string of the molecule is COc1cccc(OC)c1C(=O)N(Cc1ccccc1)Cc1ccc(C)o1. The zero-order chi connectivity index (χ0) is 19.2. The second-order valence-electron chi connectivity index (χ2n) is 6.20. The van der Waals surface area contributed by atoms with Crippen molar-refractivity contribution in [2.24, 2.45) is 0 Å². The Kier molecular flexibility index (Phi) is 5.81. The molecular weight excluding hydrogens is 342 g/mol. The summed E-state index contributed by atoms with van der Waals surface area (Å²) in [5, 5.41) is 0. The molecular formula is C22H23NO4. The number of methoxy groups -OCH3 is 2. The van der Waals surface area contributed by atoms with Gasteiger partial charge in [-0.15, -0.1) is 0 Å². The minimum Gasteiger partial charge on any atom is -0.496 e. The fourth-order valence-corrected chi connectivity index (χ4v) is 2.98. The molecule has 27 heavy (non-hydrogen) atoms. The number of benzene rings is 2. The van der Waals surface area contributed by atoms with Crippen LogP contribution in [0.25, 0.3) is 0 Å². The van der Waals surface area contributed by atoms with Crippen molar-refractivity contribution < 1.29 is 18.7 Å². The number of hydrogen-bond donors (Lipinski definition) is 0. The molecule has 0 saturated carbocycles. The van der Waals surface area contributed by atoms with Gasteiger partial charge in [-0.3, -0.25) is 4.79 Å². The Hall–Kier alpha value is -3.21. The van der Waals surface area contributed by atoms with Crippen molar-refractivity contribution in [2.45, 2.75) is 20.0 Å². The van der Waals surface area contributed by atoms with Crippen molar-refractivity contribution >= 4 is 5.91 Å².